The first-order valence-corrected chi connectivity index (χ1v) is 7.08. The highest BCUT2D eigenvalue weighted by atomic mass is 16.6. The lowest BCUT2D eigenvalue weighted by molar-refractivity contribution is -0.108. The number of nitrogens with zero attached hydrogens (tertiary/aromatic N) is 1. The predicted octanol–water partition coefficient (Wildman–Crippen LogP) is 3.39. The maximum Gasteiger partial charge on any atom is 0.410 e. The Balaban J connectivity index is 2.75. The van der Waals surface area contributed by atoms with Crippen molar-refractivity contribution in [1.82, 2.24) is 4.90 Å². The van der Waals surface area contributed by atoms with Crippen LogP contribution >= 0.6 is 0 Å². The first kappa shape index (κ1) is 16.0. The van der Waals surface area contributed by atoms with Crippen LogP contribution in [0.25, 0.3) is 0 Å². The second kappa shape index (κ2) is 5.93. The summed E-state index contributed by atoms with van der Waals surface area (Å²) < 4.78 is 5.48. The van der Waals surface area contributed by atoms with Crippen LogP contribution in [-0.2, 0) is 9.53 Å². The summed E-state index contributed by atoms with van der Waals surface area (Å²) in [6, 6.07) is 0.132. The quantitative estimate of drug-likeness (QED) is 0.738. The molecule has 0 N–H and O–H groups in total. The second-order valence-electron chi connectivity index (χ2n) is 7.21. The van der Waals surface area contributed by atoms with Gasteiger partial charge in [0.25, 0.3) is 0 Å². The Kier molecular flexibility index (Phi) is 4.99. The van der Waals surface area contributed by atoms with Gasteiger partial charge >= 0.3 is 6.09 Å². The van der Waals surface area contributed by atoms with E-state index >= 15 is 0 Å². The zero-order valence-electron chi connectivity index (χ0n) is 12.9. The molecule has 0 saturated carbocycles. The van der Waals surface area contributed by atoms with Gasteiger partial charge in [0.05, 0.1) is 0 Å². The number of likely N-dealkylation sites (tertiary alicyclic amines) is 1. The van der Waals surface area contributed by atoms with Gasteiger partial charge in [0.15, 0.2) is 0 Å². The number of carbonyl (C=O) groups is 2. The molecule has 1 saturated heterocycles. The average molecular weight is 269 g/mol. The minimum absolute atomic E-state index is 0.120. The molecule has 0 aromatic heterocycles. The van der Waals surface area contributed by atoms with Crippen LogP contribution in [0.1, 0.15) is 60.3 Å². The average Bonchev–Trinajstić information content (AvgIpc) is 2.24. The molecule has 1 heterocycles. The SMILES string of the molecule is CC1(C)CCC(CCC=O)N(C(=O)OC(C)(C)C)C1. The van der Waals surface area contributed by atoms with E-state index in [0.717, 1.165) is 25.5 Å². The molecule has 0 aromatic rings. The number of ether oxygens (including phenoxy) is 1. The van der Waals surface area contributed by atoms with Gasteiger partial charge in [-0.2, -0.15) is 0 Å². The van der Waals surface area contributed by atoms with E-state index in [9.17, 15) is 9.59 Å². The molecule has 1 unspecified atom stereocenters. The largest absolute Gasteiger partial charge is 0.444 e. The van der Waals surface area contributed by atoms with Gasteiger partial charge in [0.1, 0.15) is 11.9 Å². The fourth-order valence-corrected chi connectivity index (χ4v) is 2.48. The van der Waals surface area contributed by atoms with Gasteiger partial charge < -0.3 is 14.4 Å². The van der Waals surface area contributed by atoms with Crippen LogP contribution in [0.4, 0.5) is 4.79 Å². The Bertz CT molecular complexity index is 331. The van der Waals surface area contributed by atoms with Crippen LogP contribution in [0.15, 0.2) is 0 Å². The molecule has 1 amide bonds. The lowest BCUT2D eigenvalue weighted by Gasteiger charge is -2.43. The number of hydrogen-bond donors (Lipinski definition) is 0. The monoisotopic (exact) mass is 269 g/mol. The van der Waals surface area contributed by atoms with Crippen molar-refractivity contribution in [1.29, 1.82) is 0 Å². The predicted molar refractivity (Wildman–Crippen MR) is 75.0 cm³/mol. The zero-order chi connectivity index (χ0) is 14.7. The molecule has 0 aromatic carbocycles. The first-order chi connectivity index (χ1) is 8.64. The fraction of sp³-hybridized carbons (Fsp3) is 0.867. The van der Waals surface area contributed by atoms with E-state index in [1.54, 1.807) is 0 Å². The fourth-order valence-electron chi connectivity index (χ4n) is 2.48. The summed E-state index contributed by atoms with van der Waals surface area (Å²) in [5.74, 6) is 0. The van der Waals surface area contributed by atoms with E-state index in [0.29, 0.717) is 13.0 Å². The maximum absolute atomic E-state index is 12.3. The van der Waals surface area contributed by atoms with Crippen molar-refractivity contribution < 1.29 is 14.3 Å². The lowest BCUT2D eigenvalue weighted by Crippen LogP contribution is -2.51. The highest BCUT2D eigenvalue weighted by Gasteiger charge is 2.37. The Morgan fingerprint density at radius 2 is 2.05 bits per heavy atom. The van der Waals surface area contributed by atoms with E-state index in [2.05, 4.69) is 13.8 Å². The third kappa shape index (κ3) is 5.21. The van der Waals surface area contributed by atoms with E-state index in [1.165, 1.54) is 0 Å². The zero-order valence-corrected chi connectivity index (χ0v) is 12.9. The molecule has 4 nitrogen and oxygen atoms in total. The molecule has 0 aliphatic carbocycles. The van der Waals surface area contributed by atoms with Gasteiger partial charge in [-0.15, -0.1) is 0 Å². The normalized spacial score (nSPS) is 23.0. The maximum atomic E-state index is 12.3. The van der Waals surface area contributed by atoms with Crippen molar-refractivity contribution in [3.63, 3.8) is 0 Å². The molecule has 0 radical (unpaired) electrons. The van der Waals surface area contributed by atoms with E-state index in [1.807, 2.05) is 25.7 Å². The summed E-state index contributed by atoms with van der Waals surface area (Å²) >= 11 is 0. The molecule has 19 heavy (non-hydrogen) atoms. The first-order valence-electron chi connectivity index (χ1n) is 7.08. The summed E-state index contributed by atoms with van der Waals surface area (Å²) in [6.45, 7) is 10.7. The molecule has 0 spiro atoms. The number of carbonyl (C=O) groups excluding carboxylic acids is 2. The van der Waals surface area contributed by atoms with Gasteiger partial charge in [-0.1, -0.05) is 13.8 Å². The molecular weight excluding hydrogens is 242 g/mol. The van der Waals surface area contributed by atoms with Crippen LogP contribution in [0.2, 0.25) is 0 Å². The summed E-state index contributed by atoms with van der Waals surface area (Å²) in [6.07, 6.45) is 3.93. The van der Waals surface area contributed by atoms with E-state index < -0.39 is 5.60 Å². The van der Waals surface area contributed by atoms with Gasteiger partial charge in [-0.05, 0) is 45.4 Å². The summed E-state index contributed by atoms with van der Waals surface area (Å²) in [4.78, 5) is 24.7. The Hall–Kier alpha value is -1.06. The van der Waals surface area contributed by atoms with Crippen molar-refractivity contribution in [2.75, 3.05) is 6.54 Å². The molecule has 1 aliphatic rings. The van der Waals surface area contributed by atoms with Crippen molar-refractivity contribution in [2.24, 2.45) is 5.41 Å². The second-order valence-corrected chi connectivity index (χ2v) is 7.21. The third-order valence-corrected chi connectivity index (χ3v) is 3.44. The van der Waals surface area contributed by atoms with Gasteiger partial charge in [-0.25, -0.2) is 4.79 Å². The van der Waals surface area contributed by atoms with E-state index in [4.69, 9.17) is 4.74 Å². The molecule has 1 fully saturated rings. The number of hydrogen-bond acceptors (Lipinski definition) is 3. The molecular formula is C15H27NO3. The van der Waals surface area contributed by atoms with Gasteiger partial charge in [0.2, 0.25) is 0 Å². The minimum atomic E-state index is -0.478. The van der Waals surface area contributed by atoms with Crippen molar-refractivity contribution in [3.05, 3.63) is 0 Å². The van der Waals surface area contributed by atoms with Crippen LogP contribution in [0, 0.1) is 5.41 Å². The van der Waals surface area contributed by atoms with Crippen molar-refractivity contribution in [3.8, 4) is 0 Å². The molecule has 1 rings (SSSR count). The minimum Gasteiger partial charge on any atom is -0.444 e. The lowest BCUT2D eigenvalue weighted by atomic mass is 9.80. The Morgan fingerprint density at radius 3 is 2.58 bits per heavy atom. The molecule has 0 bridgehead atoms. The van der Waals surface area contributed by atoms with Crippen LogP contribution in [0.3, 0.4) is 0 Å². The van der Waals surface area contributed by atoms with Crippen molar-refractivity contribution >= 4 is 12.4 Å². The summed E-state index contributed by atoms with van der Waals surface area (Å²) in [5, 5.41) is 0. The number of aldehydes is 1. The molecule has 110 valence electrons. The molecule has 1 atom stereocenters. The van der Waals surface area contributed by atoms with Crippen LogP contribution < -0.4 is 0 Å². The third-order valence-electron chi connectivity index (χ3n) is 3.44. The Labute approximate surface area is 116 Å². The molecule has 4 heteroatoms. The highest BCUT2D eigenvalue weighted by Crippen LogP contribution is 2.34. The number of rotatable bonds is 3. The highest BCUT2D eigenvalue weighted by molar-refractivity contribution is 5.69. The molecule has 1 aliphatic heterocycles. The van der Waals surface area contributed by atoms with Crippen LogP contribution in [-0.4, -0.2) is 35.5 Å². The van der Waals surface area contributed by atoms with Crippen LogP contribution in [0.5, 0.6) is 0 Å². The topological polar surface area (TPSA) is 46.6 Å². The summed E-state index contributed by atoms with van der Waals surface area (Å²) in [5.41, 5.74) is -0.359. The van der Waals surface area contributed by atoms with E-state index in [-0.39, 0.29) is 17.6 Å². The van der Waals surface area contributed by atoms with Gasteiger partial charge in [0, 0.05) is 19.0 Å². The van der Waals surface area contributed by atoms with Gasteiger partial charge in [-0.3, -0.25) is 0 Å². The Morgan fingerprint density at radius 1 is 1.42 bits per heavy atom. The summed E-state index contributed by atoms with van der Waals surface area (Å²) in [7, 11) is 0. The van der Waals surface area contributed by atoms with Crippen molar-refractivity contribution in [2.45, 2.75) is 71.9 Å². The standard InChI is InChI=1S/C15H27NO3/c1-14(2,3)19-13(18)16-11-15(4,5)9-8-12(16)7-6-10-17/h10,12H,6-9,11H2,1-5H3. The smallest absolute Gasteiger partial charge is 0.410 e. The number of piperidine rings is 1. The number of amides is 1.